The van der Waals surface area contributed by atoms with E-state index in [2.05, 4.69) is 50.8 Å². The molecule has 6 aromatic heterocycles. The Balaban J connectivity index is 0.530. The molecule has 4 aliphatic heterocycles. The van der Waals surface area contributed by atoms with E-state index >= 15 is 0 Å². The number of piperidine rings is 1. The number of nitrogen functional groups attached to an aromatic ring is 2. The van der Waals surface area contributed by atoms with Crippen molar-refractivity contribution in [3.63, 3.8) is 0 Å². The number of nitrogens with two attached hydrogens (primary N) is 2. The maximum atomic E-state index is 14.9. The number of piperazine rings is 1. The zero-order valence-corrected chi connectivity index (χ0v) is 78.7. The molecule has 5 aliphatic rings. The highest BCUT2D eigenvalue weighted by Gasteiger charge is 2.53. The Bertz CT molecular complexity index is 5150. The van der Waals surface area contributed by atoms with E-state index in [0.29, 0.717) is 211 Å². The fourth-order valence-corrected chi connectivity index (χ4v) is 18.0. The number of rotatable bonds is 35. The van der Waals surface area contributed by atoms with Crippen LogP contribution in [-0.4, -0.2) is 297 Å². The number of hydrogen-bond acceptors (Lipinski definition) is 34. The van der Waals surface area contributed by atoms with E-state index in [1.165, 1.54) is 30.7 Å². The van der Waals surface area contributed by atoms with Gasteiger partial charge in [-0.15, -0.1) is 5.10 Å². The third-order valence-corrected chi connectivity index (χ3v) is 25.9. The third kappa shape index (κ3) is 27.5. The van der Waals surface area contributed by atoms with Crippen molar-refractivity contribution in [3.8, 4) is 22.5 Å². The first-order valence-corrected chi connectivity index (χ1v) is 46.8. The standard InChI is InChI=1S/C95H133N19O20/c1-59-18-12-11-13-19-60(2)77(124-8)51-70-24-21-65(7)95(123,134-70)86(119)90(121)112-30-16-14-20-74(112)91(122)132-78(52-75(115)61(3)47-64(6)84(118)85(126-10)83(117)63(5)46-59)62(4)48-66-22-25-73(79(49-66)125-9)114-57-72(107-109-114)68-53-100-93(101-54-68)110-32-34-111(35-33-110)94-102-55-69(56-103-94)89(120)99-29-37-128-39-41-130-43-45-131-44-42-129-40-38-127-36-27-80(116)98-28-15-17-31-113-88-81(87(96)104-58-105-88)82(108-113)67-23-26-76-71(50-67)106-92(97)133-76/h11-13,18-19,23,26,47,50,53-59,61-63,65-66,70,73-74,77-79,84-85,118,123H,14-17,20-22,24-25,27-46,48-49,51-52H2,1-10H3,(H2,97,106)(H,98,116)(H,99,120)(H2,96,104,105)/b13-11+,18-12+,60-19+,64-47+/t59-,61-,62-,63-,65-,66+,70+,73+,74+,77+,78+,79-,84-,85+,95-/m1/s1. The summed E-state index contributed by atoms with van der Waals surface area (Å²) in [6.45, 7) is 19.9. The van der Waals surface area contributed by atoms with Crippen LogP contribution in [0, 0.1) is 35.5 Å². The lowest BCUT2D eigenvalue weighted by Gasteiger charge is -2.42. The molecule has 1 saturated carbocycles. The lowest BCUT2D eigenvalue weighted by Crippen LogP contribution is -2.61. The monoisotopic (exact) mass is 1860 g/mol. The van der Waals surface area contributed by atoms with Crippen LogP contribution in [0.15, 0.2) is 108 Å². The summed E-state index contributed by atoms with van der Waals surface area (Å²) in [6.07, 6.45) is 22.8. The van der Waals surface area contributed by atoms with Crippen molar-refractivity contribution in [1.29, 1.82) is 0 Å². The number of aromatic nitrogens is 12. The molecule has 3 amide bonds. The minimum atomic E-state index is -2.48. The number of amides is 3. The summed E-state index contributed by atoms with van der Waals surface area (Å²) in [6, 6.07) is 4.16. The summed E-state index contributed by atoms with van der Waals surface area (Å²) in [5.74, 6) is -7.55. The Labute approximate surface area is 781 Å². The average molecular weight is 1860 g/mol. The second-order valence-corrected chi connectivity index (χ2v) is 35.6. The zero-order chi connectivity index (χ0) is 95.4. The Morgan fingerprint density at radius 3 is 2.08 bits per heavy atom. The van der Waals surface area contributed by atoms with Crippen molar-refractivity contribution in [2.45, 2.75) is 206 Å². The molecule has 0 radical (unpaired) electrons. The van der Waals surface area contributed by atoms with Crippen molar-refractivity contribution in [2.24, 2.45) is 35.5 Å². The van der Waals surface area contributed by atoms with Crippen molar-refractivity contribution in [3.05, 3.63) is 109 Å². The van der Waals surface area contributed by atoms with Gasteiger partial charge < -0.3 is 98.8 Å². The van der Waals surface area contributed by atoms with Crippen molar-refractivity contribution in [1.82, 2.24) is 75.2 Å². The van der Waals surface area contributed by atoms with Gasteiger partial charge in [0, 0.05) is 147 Å². The molecule has 134 heavy (non-hydrogen) atoms. The second-order valence-electron chi connectivity index (χ2n) is 35.6. The van der Waals surface area contributed by atoms with Crippen molar-refractivity contribution >= 4 is 86.9 Å². The number of Topliss-reactive ketones (excluding diaryl/α,β-unsaturated/α-hetero) is 3. The number of nitrogens with zero attached hydrogens (tertiary/aromatic N) is 15. The van der Waals surface area contributed by atoms with Gasteiger partial charge >= 0.3 is 5.97 Å². The van der Waals surface area contributed by atoms with Gasteiger partial charge in [0.25, 0.3) is 23.6 Å². The van der Waals surface area contributed by atoms with Crippen LogP contribution in [-0.2, 0) is 82.7 Å². The highest BCUT2D eigenvalue weighted by molar-refractivity contribution is 6.39. The van der Waals surface area contributed by atoms with Gasteiger partial charge in [-0.3, -0.25) is 28.8 Å². The maximum Gasteiger partial charge on any atom is 0.329 e. The predicted octanol–water partition coefficient (Wildman–Crippen LogP) is 8.14. The van der Waals surface area contributed by atoms with Crippen LogP contribution < -0.4 is 31.9 Å². The van der Waals surface area contributed by atoms with Gasteiger partial charge in [0.15, 0.2) is 17.0 Å². The molecule has 2 bridgehead atoms. The fourth-order valence-electron chi connectivity index (χ4n) is 18.0. The van der Waals surface area contributed by atoms with Crippen LogP contribution >= 0.6 is 0 Å². The quantitative estimate of drug-likeness (QED) is 0.00944. The number of oxazole rings is 1. The maximum absolute atomic E-state index is 14.9. The first-order valence-electron chi connectivity index (χ1n) is 46.8. The van der Waals surface area contributed by atoms with E-state index < -0.39 is 83.7 Å². The number of benzene rings is 1. The highest BCUT2D eigenvalue weighted by Crippen LogP contribution is 2.41. The molecule has 12 rings (SSSR count). The van der Waals surface area contributed by atoms with E-state index in [1.807, 2.05) is 86.0 Å². The second kappa shape index (κ2) is 50.1. The average Bonchev–Trinajstić information content (AvgIpc) is 1.19. The molecule has 1 aliphatic carbocycles. The van der Waals surface area contributed by atoms with Crippen LogP contribution in [0.5, 0.6) is 0 Å². The number of methoxy groups -OCH3 is 3. The summed E-state index contributed by atoms with van der Waals surface area (Å²) in [4.78, 5) is 135. The van der Waals surface area contributed by atoms with E-state index in [9.17, 15) is 43.8 Å². The number of allylic oxidation sites excluding steroid dienone is 6. The van der Waals surface area contributed by atoms with Crippen molar-refractivity contribution in [2.75, 3.05) is 154 Å². The molecular formula is C95H133N19O20. The number of aliphatic hydroxyl groups is 2. The van der Waals surface area contributed by atoms with E-state index in [1.54, 1.807) is 64.2 Å². The van der Waals surface area contributed by atoms with Gasteiger partial charge in [-0.05, 0) is 138 Å². The molecule has 8 N–H and O–H groups in total. The highest BCUT2D eigenvalue weighted by atomic mass is 16.6. The van der Waals surface area contributed by atoms with Gasteiger partial charge in [0.05, 0.1) is 108 Å². The van der Waals surface area contributed by atoms with Gasteiger partial charge in [-0.1, -0.05) is 76.3 Å². The molecule has 15 atom stereocenters. The predicted molar refractivity (Wildman–Crippen MR) is 496 cm³/mol. The molecule has 0 unspecified atom stereocenters. The number of carbonyl (C=O) groups excluding carboxylic acids is 7. The largest absolute Gasteiger partial charge is 0.460 e. The number of esters is 1. The van der Waals surface area contributed by atoms with Crippen LogP contribution in [0.25, 0.3) is 44.6 Å². The van der Waals surface area contributed by atoms with Gasteiger partial charge in [-0.2, -0.15) is 10.1 Å². The number of cyclic esters (lactones) is 1. The number of ketones is 3. The normalized spacial score (nSPS) is 26.4. The number of aryl methyl sites for hydroxylation is 1. The first kappa shape index (κ1) is 102. The topological polar surface area (TPSA) is 490 Å². The number of anilines is 4. The van der Waals surface area contributed by atoms with E-state index in [0.717, 1.165) is 30.4 Å². The van der Waals surface area contributed by atoms with Crippen molar-refractivity contribution < 1.29 is 95.6 Å². The van der Waals surface area contributed by atoms with Crippen LogP contribution in [0.1, 0.15) is 161 Å². The van der Waals surface area contributed by atoms with Gasteiger partial charge in [-0.25, -0.2) is 44.1 Å². The minimum Gasteiger partial charge on any atom is -0.460 e. The number of unbranched alkanes of at least 4 members (excludes halogenated alkanes) is 1. The summed E-state index contributed by atoms with van der Waals surface area (Å²) >= 11 is 0. The molecule has 39 nitrogen and oxygen atoms in total. The summed E-state index contributed by atoms with van der Waals surface area (Å²) in [7, 11) is 4.61. The lowest BCUT2D eigenvalue weighted by molar-refractivity contribution is -0.265. The van der Waals surface area contributed by atoms with Crippen LogP contribution in [0.4, 0.5) is 23.7 Å². The first-order chi connectivity index (χ1) is 64.7. The molecule has 39 heteroatoms. The molecule has 4 fully saturated rings. The minimum absolute atomic E-state index is 0.0180. The number of fused-ring (bicyclic) bond motifs is 5. The molecule has 7 aromatic rings. The van der Waals surface area contributed by atoms with Crippen LogP contribution in [0.2, 0.25) is 0 Å². The van der Waals surface area contributed by atoms with Crippen LogP contribution in [0.3, 0.4) is 0 Å². The molecule has 10 heterocycles. The van der Waals surface area contributed by atoms with Gasteiger partial charge in [0.2, 0.25) is 23.6 Å². The fraction of sp³-hybridized carbons (Fsp3) is 0.611. The smallest absolute Gasteiger partial charge is 0.329 e. The summed E-state index contributed by atoms with van der Waals surface area (Å²) in [5, 5.41) is 44.3. The number of ether oxygens (including phenoxy) is 10. The van der Waals surface area contributed by atoms with E-state index in [4.69, 9.17) is 78.3 Å². The molecule has 1 aromatic carbocycles. The lowest BCUT2D eigenvalue weighted by atomic mass is 9.77. The molecule has 728 valence electrons. The number of nitrogens with one attached hydrogen (secondary N) is 2. The Kier molecular flexibility index (Phi) is 38.2. The summed E-state index contributed by atoms with van der Waals surface area (Å²) in [5.41, 5.74) is 18.0. The Hall–Kier alpha value is -10.9. The zero-order valence-electron chi connectivity index (χ0n) is 78.7. The Morgan fingerprint density at radius 1 is 0.709 bits per heavy atom. The number of aliphatic hydroxyl groups excluding tert-OH is 1. The summed E-state index contributed by atoms with van der Waals surface area (Å²) < 4.78 is 67.6. The molecule has 0 spiro atoms. The third-order valence-electron chi connectivity index (χ3n) is 25.9. The Morgan fingerprint density at radius 2 is 1.40 bits per heavy atom. The van der Waals surface area contributed by atoms with E-state index in [-0.39, 0.29) is 105 Å². The number of hydrogen-bond donors (Lipinski definition) is 6. The molecule has 3 saturated heterocycles. The van der Waals surface area contributed by atoms with Gasteiger partial charge in [0.1, 0.15) is 59.2 Å². The SMILES string of the molecule is CO[C@H]1C[C@@H]2CC[C@@H](C)[C@@](O)(O2)C(=O)C(=O)N2CCCC[C@H]2C(=O)O[C@H]([C@H](C)C[C@@H]2CC[C@H](n3cc(-c4cnc(N5CCN(c6ncc(C(=O)NCCOCCOCCOCCOCCOCCC(=O)NCCCCn7nc(-c8ccc9oc(N)nc9c8)c8c(N)ncnc87)cn6)CC5)nc4)nn3)[C@H](OC)C2)CC(=O)[C@H](C)/C=C(\C)[C@@H](O)[C@@H](OC)C(=O)[C@H](C)C[C@H](C)/C=C/C=C/C=C/1C. The molecular weight excluding hydrogens is 1730 g/mol. The number of carbonyl (C=O) groups is 7.